The summed E-state index contributed by atoms with van der Waals surface area (Å²) >= 11 is 0. The summed E-state index contributed by atoms with van der Waals surface area (Å²) in [5.41, 5.74) is 0. The summed E-state index contributed by atoms with van der Waals surface area (Å²) < 4.78 is 18.1. The first-order valence-corrected chi connectivity index (χ1v) is 11.3. The number of hydrogen-bond acceptors (Lipinski definition) is 4. The molecule has 0 N–H and O–H groups in total. The van der Waals surface area contributed by atoms with Crippen LogP contribution in [0.4, 0.5) is 0 Å². The summed E-state index contributed by atoms with van der Waals surface area (Å²) in [5.74, 6) is 0.186. The van der Waals surface area contributed by atoms with Crippen molar-refractivity contribution in [3.63, 3.8) is 0 Å². The summed E-state index contributed by atoms with van der Waals surface area (Å²) in [6.07, 6.45) is -0.0289. The molecule has 0 bridgehead atoms. The maximum absolute atomic E-state index is 12.1. The second kappa shape index (κ2) is 5.69. The van der Waals surface area contributed by atoms with E-state index >= 15 is 0 Å². The van der Waals surface area contributed by atoms with Crippen molar-refractivity contribution in [1.82, 2.24) is 0 Å². The van der Waals surface area contributed by atoms with E-state index in [0.29, 0.717) is 18.9 Å². The van der Waals surface area contributed by atoms with E-state index in [1.54, 1.807) is 0 Å². The molecule has 0 radical (unpaired) electrons. The van der Waals surface area contributed by atoms with Gasteiger partial charge in [-0.3, -0.25) is 4.79 Å². The summed E-state index contributed by atoms with van der Waals surface area (Å²) in [5, 5.41) is 0.182. The van der Waals surface area contributed by atoms with Crippen molar-refractivity contribution in [2.75, 3.05) is 6.61 Å². The second-order valence-corrected chi connectivity index (χ2v) is 13.2. The largest absolute Gasteiger partial charge is 0.416 e. The highest BCUT2D eigenvalue weighted by molar-refractivity contribution is 6.74. The third-order valence-electron chi connectivity index (χ3n) is 6.03. The van der Waals surface area contributed by atoms with Crippen molar-refractivity contribution >= 4 is 14.1 Å². The average molecular weight is 329 g/mol. The molecule has 2 aliphatic rings. The van der Waals surface area contributed by atoms with Crippen LogP contribution >= 0.6 is 0 Å². The predicted octanol–water partition coefficient (Wildman–Crippen LogP) is 3.75. The van der Waals surface area contributed by atoms with E-state index in [2.05, 4.69) is 40.8 Å². The van der Waals surface area contributed by atoms with Crippen LogP contribution in [0.5, 0.6) is 0 Å². The molecule has 0 aromatic heterocycles. The molecule has 1 unspecified atom stereocenters. The van der Waals surface area contributed by atoms with Crippen LogP contribution in [-0.2, 0) is 18.7 Å². The standard InChI is InChI=1S/C17H32O4Si/c1-11(2)16(3,4)22(7,8)19-10-12-9-13(18)15-14(12)20-17(5,6)21-15/h11-12,14-15H,9-10H2,1-8H3/t12-,14-,15?/m1/s1. The Morgan fingerprint density at radius 2 is 1.91 bits per heavy atom. The smallest absolute Gasteiger partial charge is 0.192 e. The molecule has 2 rings (SSSR count). The molecule has 2 fully saturated rings. The summed E-state index contributed by atoms with van der Waals surface area (Å²) in [7, 11) is -1.87. The molecule has 1 saturated carbocycles. The fourth-order valence-corrected chi connectivity index (χ4v) is 5.62. The van der Waals surface area contributed by atoms with Crippen LogP contribution in [0.15, 0.2) is 0 Å². The van der Waals surface area contributed by atoms with Gasteiger partial charge in [-0.25, -0.2) is 0 Å². The average Bonchev–Trinajstić information content (AvgIpc) is 2.82. The number of ketones is 1. The minimum atomic E-state index is -1.87. The topological polar surface area (TPSA) is 44.8 Å². The minimum absolute atomic E-state index is 0.119. The molecule has 1 aliphatic carbocycles. The fourth-order valence-electron chi connectivity index (χ4n) is 3.22. The first kappa shape index (κ1) is 18.1. The number of carbonyl (C=O) groups is 1. The SMILES string of the molecule is CC(C)C(C)(C)[Si](C)(C)OC[C@H]1CC(=O)C2OC(C)(C)O[C@@H]21. The van der Waals surface area contributed by atoms with E-state index in [-0.39, 0.29) is 22.8 Å². The number of ether oxygens (including phenoxy) is 2. The van der Waals surface area contributed by atoms with E-state index in [4.69, 9.17) is 13.9 Å². The Morgan fingerprint density at radius 3 is 2.45 bits per heavy atom. The fraction of sp³-hybridized carbons (Fsp3) is 0.941. The van der Waals surface area contributed by atoms with E-state index < -0.39 is 20.2 Å². The zero-order valence-electron chi connectivity index (χ0n) is 15.4. The lowest BCUT2D eigenvalue weighted by atomic mass is 9.99. The van der Waals surface area contributed by atoms with Crippen LogP contribution in [0.3, 0.4) is 0 Å². The van der Waals surface area contributed by atoms with Gasteiger partial charge in [0, 0.05) is 18.9 Å². The molecule has 22 heavy (non-hydrogen) atoms. The van der Waals surface area contributed by atoms with Gasteiger partial charge in [0.1, 0.15) is 6.10 Å². The molecule has 0 aromatic carbocycles. The van der Waals surface area contributed by atoms with E-state index in [9.17, 15) is 4.79 Å². The Kier molecular flexibility index (Phi) is 4.68. The zero-order chi connectivity index (χ0) is 16.9. The number of fused-ring (bicyclic) bond motifs is 1. The first-order chi connectivity index (χ1) is 9.87. The molecule has 0 amide bonds. The van der Waals surface area contributed by atoms with Gasteiger partial charge in [-0.1, -0.05) is 27.7 Å². The van der Waals surface area contributed by atoms with Crippen molar-refractivity contribution in [2.45, 2.75) is 84.1 Å². The maximum atomic E-state index is 12.1. The zero-order valence-corrected chi connectivity index (χ0v) is 16.4. The number of hydrogen-bond donors (Lipinski definition) is 0. The second-order valence-electron chi connectivity index (χ2n) is 8.65. The maximum Gasteiger partial charge on any atom is 0.192 e. The molecule has 1 heterocycles. The molecule has 0 aromatic rings. The molecule has 0 spiro atoms. The monoisotopic (exact) mass is 328 g/mol. The lowest BCUT2D eigenvalue weighted by molar-refractivity contribution is -0.163. The van der Waals surface area contributed by atoms with E-state index in [1.165, 1.54) is 0 Å². The lowest BCUT2D eigenvalue weighted by Gasteiger charge is -2.43. The van der Waals surface area contributed by atoms with Gasteiger partial charge in [0.2, 0.25) is 0 Å². The number of Topliss-reactive ketones (excluding diaryl/α,β-unsaturated/α-hetero) is 1. The van der Waals surface area contributed by atoms with Crippen LogP contribution in [0.25, 0.3) is 0 Å². The molecule has 4 nitrogen and oxygen atoms in total. The van der Waals surface area contributed by atoms with Gasteiger partial charge in [0.15, 0.2) is 19.9 Å². The Balaban J connectivity index is 2.02. The summed E-state index contributed by atoms with van der Waals surface area (Å²) in [6.45, 7) is 18.0. The van der Waals surface area contributed by atoms with Crippen molar-refractivity contribution in [2.24, 2.45) is 11.8 Å². The molecular formula is C17H32O4Si. The molecule has 3 atom stereocenters. The van der Waals surface area contributed by atoms with Crippen LogP contribution in [0.2, 0.25) is 18.1 Å². The van der Waals surface area contributed by atoms with Crippen molar-refractivity contribution in [1.29, 1.82) is 0 Å². The van der Waals surface area contributed by atoms with Crippen LogP contribution < -0.4 is 0 Å². The Bertz CT molecular complexity index is 442. The van der Waals surface area contributed by atoms with Crippen molar-refractivity contribution in [3.05, 3.63) is 0 Å². The molecular weight excluding hydrogens is 296 g/mol. The Morgan fingerprint density at radius 1 is 1.32 bits per heavy atom. The minimum Gasteiger partial charge on any atom is -0.416 e. The Hall–Kier alpha value is -0.233. The molecule has 1 aliphatic heterocycles. The Labute approximate surface area is 136 Å². The van der Waals surface area contributed by atoms with E-state index in [0.717, 1.165) is 0 Å². The highest BCUT2D eigenvalue weighted by Crippen LogP contribution is 2.46. The van der Waals surface area contributed by atoms with Gasteiger partial charge in [-0.2, -0.15) is 0 Å². The lowest BCUT2D eigenvalue weighted by Crippen LogP contribution is -2.46. The van der Waals surface area contributed by atoms with Gasteiger partial charge in [0.25, 0.3) is 0 Å². The normalized spacial score (nSPS) is 31.9. The van der Waals surface area contributed by atoms with Crippen molar-refractivity contribution in [3.8, 4) is 0 Å². The number of rotatable bonds is 5. The van der Waals surface area contributed by atoms with E-state index in [1.807, 2.05) is 13.8 Å². The molecule has 128 valence electrons. The summed E-state index contributed by atoms with van der Waals surface area (Å²) in [6, 6.07) is 0. The third-order valence-corrected chi connectivity index (χ3v) is 10.6. The third kappa shape index (κ3) is 3.18. The predicted molar refractivity (Wildman–Crippen MR) is 89.3 cm³/mol. The molecule has 5 heteroatoms. The van der Waals surface area contributed by atoms with Gasteiger partial charge in [-0.05, 0) is 37.9 Å². The van der Waals surface area contributed by atoms with Crippen molar-refractivity contribution < 1.29 is 18.7 Å². The van der Waals surface area contributed by atoms with Crippen LogP contribution in [0, 0.1) is 11.8 Å². The van der Waals surface area contributed by atoms with Gasteiger partial charge in [0.05, 0.1) is 6.10 Å². The quantitative estimate of drug-likeness (QED) is 0.721. The van der Waals surface area contributed by atoms with Gasteiger partial charge >= 0.3 is 0 Å². The first-order valence-electron chi connectivity index (χ1n) is 8.40. The van der Waals surface area contributed by atoms with Crippen LogP contribution in [-0.4, -0.2) is 38.7 Å². The highest BCUT2D eigenvalue weighted by atomic mass is 28.4. The highest BCUT2D eigenvalue weighted by Gasteiger charge is 2.54. The van der Waals surface area contributed by atoms with Gasteiger partial charge in [-0.15, -0.1) is 0 Å². The molecule has 1 saturated heterocycles. The van der Waals surface area contributed by atoms with Gasteiger partial charge < -0.3 is 13.9 Å². The van der Waals surface area contributed by atoms with Crippen LogP contribution in [0.1, 0.15) is 48.0 Å². The number of carbonyl (C=O) groups excluding carboxylic acids is 1. The summed E-state index contributed by atoms with van der Waals surface area (Å²) in [4.78, 5) is 12.1.